The molecule has 2 rings (SSSR count). The van der Waals surface area contributed by atoms with Crippen molar-refractivity contribution in [2.24, 2.45) is 0 Å². The van der Waals surface area contributed by atoms with E-state index in [1.54, 1.807) is 24.3 Å². The molecule has 0 saturated heterocycles. The maximum Gasteiger partial charge on any atom is 0.170 e. The molecule has 0 saturated carbocycles. The van der Waals surface area contributed by atoms with Gasteiger partial charge in [-0.25, -0.2) is 8.78 Å². The highest BCUT2D eigenvalue weighted by Crippen LogP contribution is 2.17. The van der Waals surface area contributed by atoms with Crippen LogP contribution in [0.25, 0.3) is 0 Å². The second-order valence-electron chi connectivity index (χ2n) is 4.31. The Bertz CT molecular complexity index is 621. The van der Waals surface area contributed by atoms with Crippen molar-refractivity contribution in [3.8, 4) is 0 Å². The third kappa shape index (κ3) is 3.18. The standard InChI is InChI=1S/C15H11ClF2O/c1-9-6-14(18)12(8-13(9)17)15(19)7-10-2-4-11(16)5-3-10/h2-6,8H,7H2,1H3. The first-order valence-electron chi connectivity index (χ1n) is 5.70. The van der Waals surface area contributed by atoms with Gasteiger partial charge < -0.3 is 0 Å². The molecule has 0 aliphatic carbocycles. The number of benzene rings is 2. The summed E-state index contributed by atoms with van der Waals surface area (Å²) in [5.74, 6) is -1.74. The quantitative estimate of drug-likeness (QED) is 0.764. The van der Waals surface area contributed by atoms with Crippen molar-refractivity contribution >= 4 is 17.4 Å². The van der Waals surface area contributed by atoms with Crippen molar-refractivity contribution < 1.29 is 13.6 Å². The van der Waals surface area contributed by atoms with E-state index >= 15 is 0 Å². The SMILES string of the molecule is Cc1cc(F)c(C(=O)Cc2ccc(Cl)cc2)cc1F. The van der Waals surface area contributed by atoms with Crippen LogP contribution in [0.2, 0.25) is 5.02 Å². The molecule has 0 amide bonds. The molecule has 0 spiro atoms. The molecule has 0 atom stereocenters. The molecule has 0 heterocycles. The molecule has 0 fully saturated rings. The van der Waals surface area contributed by atoms with Crippen LogP contribution in [0.1, 0.15) is 21.5 Å². The van der Waals surface area contributed by atoms with Crippen molar-refractivity contribution in [3.63, 3.8) is 0 Å². The van der Waals surface area contributed by atoms with E-state index in [-0.39, 0.29) is 17.5 Å². The summed E-state index contributed by atoms with van der Waals surface area (Å²) in [5, 5.41) is 0.559. The Morgan fingerprint density at radius 3 is 2.37 bits per heavy atom. The van der Waals surface area contributed by atoms with E-state index in [1.807, 2.05) is 0 Å². The van der Waals surface area contributed by atoms with Gasteiger partial charge in [0, 0.05) is 11.4 Å². The van der Waals surface area contributed by atoms with Crippen molar-refractivity contribution in [3.05, 3.63) is 69.7 Å². The van der Waals surface area contributed by atoms with Crippen LogP contribution in [-0.2, 0) is 6.42 Å². The summed E-state index contributed by atoms with van der Waals surface area (Å²) in [5.41, 5.74) is 0.661. The first kappa shape index (κ1) is 13.7. The molecule has 19 heavy (non-hydrogen) atoms. The lowest BCUT2D eigenvalue weighted by molar-refractivity contribution is 0.0988. The van der Waals surface area contributed by atoms with Crippen molar-refractivity contribution in [1.82, 2.24) is 0 Å². The van der Waals surface area contributed by atoms with Crippen molar-refractivity contribution in [2.75, 3.05) is 0 Å². The zero-order chi connectivity index (χ0) is 14.0. The molecule has 0 aromatic heterocycles. The number of hydrogen-bond donors (Lipinski definition) is 0. The Hall–Kier alpha value is -1.74. The van der Waals surface area contributed by atoms with Crippen LogP contribution in [-0.4, -0.2) is 5.78 Å². The lowest BCUT2D eigenvalue weighted by Crippen LogP contribution is -2.07. The lowest BCUT2D eigenvalue weighted by Gasteiger charge is -2.05. The number of hydrogen-bond acceptors (Lipinski definition) is 1. The molecule has 0 aliphatic heterocycles. The predicted molar refractivity (Wildman–Crippen MR) is 70.6 cm³/mol. The fraction of sp³-hybridized carbons (Fsp3) is 0.133. The van der Waals surface area contributed by atoms with Gasteiger partial charge in [-0.1, -0.05) is 23.7 Å². The Labute approximate surface area is 114 Å². The highest BCUT2D eigenvalue weighted by molar-refractivity contribution is 6.30. The summed E-state index contributed by atoms with van der Waals surface area (Å²) >= 11 is 5.73. The van der Waals surface area contributed by atoms with E-state index in [2.05, 4.69) is 0 Å². The van der Waals surface area contributed by atoms with Crippen LogP contribution in [0.4, 0.5) is 8.78 Å². The van der Waals surface area contributed by atoms with Crippen LogP contribution >= 0.6 is 11.6 Å². The van der Waals surface area contributed by atoms with Gasteiger partial charge in [-0.2, -0.15) is 0 Å². The molecule has 2 aromatic carbocycles. The maximum absolute atomic E-state index is 13.6. The molecular formula is C15H11ClF2O. The number of halogens is 3. The fourth-order valence-corrected chi connectivity index (χ4v) is 1.87. The van der Waals surface area contributed by atoms with Crippen LogP contribution in [0.3, 0.4) is 0 Å². The van der Waals surface area contributed by atoms with Gasteiger partial charge in [0.25, 0.3) is 0 Å². The first-order chi connectivity index (χ1) is 8.97. The molecule has 1 nitrogen and oxygen atoms in total. The summed E-state index contributed by atoms with van der Waals surface area (Å²) < 4.78 is 27.0. The number of aryl methyl sites for hydroxylation is 1. The highest BCUT2D eigenvalue weighted by atomic mass is 35.5. The van der Waals surface area contributed by atoms with Gasteiger partial charge in [-0.05, 0) is 42.3 Å². The van der Waals surface area contributed by atoms with E-state index in [4.69, 9.17) is 11.6 Å². The first-order valence-corrected chi connectivity index (χ1v) is 6.08. The molecule has 98 valence electrons. The van der Waals surface area contributed by atoms with E-state index in [1.165, 1.54) is 6.92 Å². The average molecular weight is 281 g/mol. The number of rotatable bonds is 3. The number of carbonyl (C=O) groups is 1. The monoisotopic (exact) mass is 280 g/mol. The fourth-order valence-electron chi connectivity index (χ4n) is 1.74. The maximum atomic E-state index is 13.6. The number of carbonyl (C=O) groups excluding carboxylic acids is 1. The van der Waals surface area contributed by atoms with Gasteiger partial charge in [0.1, 0.15) is 11.6 Å². The summed E-state index contributed by atoms with van der Waals surface area (Å²) in [6, 6.07) is 8.64. The Morgan fingerprint density at radius 1 is 1.11 bits per heavy atom. The Balaban J connectivity index is 2.25. The smallest absolute Gasteiger partial charge is 0.170 e. The molecule has 0 aliphatic rings. The second kappa shape index (κ2) is 5.49. The molecule has 4 heteroatoms. The van der Waals surface area contributed by atoms with Crippen LogP contribution < -0.4 is 0 Å². The van der Waals surface area contributed by atoms with Crippen LogP contribution in [0.5, 0.6) is 0 Å². The Morgan fingerprint density at radius 2 is 1.74 bits per heavy atom. The summed E-state index contributed by atoms with van der Waals surface area (Å²) in [7, 11) is 0. The summed E-state index contributed by atoms with van der Waals surface area (Å²) in [6.45, 7) is 1.45. The van der Waals surface area contributed by atoms with Gasteiger partial charge in [0.05, 0.1) is 5.56 Å². The van der Waals surface area contributed by atoms with E-state index in [0.717, 1.165) is 12.1 Å². The van der Waals surface area contributed by atoms with Crippen molar-refractivity contribution in [2.45, 2.75) is 13.3 Å². The summed E-state index contributed by atoms with van der Waals surface area (Å²) in [4.78, 5) is 11.9. The normalized spacial score (nSPS) is 10.5. The van der Waals surface area contributed by atoms with E-state index < -0.39 is 17.4 Å². The third-order valence-corrected chi connectivity index (χ3v) is 3.08. The minimum Gasteiger partial charge on any atom is -0.294 e. The second-order valence-corrected chi connectivity index (χ2v) is 4.74. The molecule has 0 bridgehead atoms. The highest BCUT2D eigenvalue weighted by Gasteiger charge is 2.15. The van der Waals surface area contributed by atoms with Crippen LogP contribution in [0.15, 0.2) is 36.4 Å². The van der Waals surface area contributed by atoms with Crippen molar-refractivity contribution in [1.29, 1.82) is 0 Å². The predicted octanol–water partition coefficient (Wildman–Crippen LogP) is 4.35. The lowest BCUT2D eigenvalue weighted by atomic mass is 10.0. The zero-order valence-corrected chi connectivity index (χ0v) is 11.0. The molecular weight excluding hydrogens is 270 g/mol. The van der Waals surface area contributed by atoms with E-state index in [0.29, 0.717) is 10.6 Å². The third-order valence-electron chi connectivity index (χ3n) is 2.83. The number of Topliss-reactive ketones (excluding diaryl/α,β-unsaturated/α-hetero) is 1. The Kier molecular flexibility index (Phi) is 3.96. The van der Waals surface area contributed by atoms with Crippen LogP contribution in [0, 0.1) is 18.6 Å². The zero-order valence-electron chi connectivity index (χ0n) is 10.2. The average Bonchev–Trinajstić information content (AvgIpc) is 2.36. The minimum absolute atomic E-state index is 0.0105. The number of ketones is 1. The molecule has 0 radical (unpaired) electrons. The minimum atomic E-state index is -0.696. The van der Waals surface area contributed by atoms with Gasteiger partial charge >= 0.3 is 0 Å². The molecule has 0 N–H and O–H groups in total. The molecule has 0 unspecified atom stereocenters. The largest absolute Gasteiger partial charge is 0.294 e. The van der Waals surface area contributed by atoms with E-state index in [9.17, 15) is 13.6 Å². The topological polar surface area (TPSA) is 17.1 Å². The van der Waals surface area contributed by atoms with Gasteiger partial charge in [-0.15, -0.1) is 0 Å². The molecule has 2 aromatic rings. The van der Waals surface area contributed by atoms with Gasteiger partial charge in [0.2, 0.25) is 0 Å². The summed E-state index contributed by atoms with van der Waals surface area (Å²) in [6.07, 6.45) is 0.0105. The van der Waals surface area contributed by atoms with Gasteiger partial charge in [0.15, 0.2) is 5.78 Å². The van der Waals surface area contributed by atoms with Gasteiger partial charge in [-0.3, -0.25) is 4.79 Å².